The lowest BCUT2D eigenvalue weighted by molar-refractivity contribution is 0.432. The van der Waals surface area contributed by atoms with Gasteiger partial charge in [0.2, 0.25) is 0 Å². The molecule has 0 saturated carbocycles. The van der Waals surface area contributed by atoms with Crippen LogP contribution in [0.5, 0.6) is 0 Å². The van der Waals surface area contributed by atoms with E-state index in [-0.39, 0.29) is 24.8 Å². The highest BCUT2D eigenvalue weighted by atomic mass is 35.5. The molecule has 0 spiro atoms. The fourth-order valence-electron chi connectivity index (χ4n) is 1.66. The Kier molecular flexibility index (Phi) is 3.90. The van der Waals surface area contributed by atoms with Crippen molar-refractivity contribution in [2.45, 2.75) is 5.92 Å². The fraction of sp³-hybridized carbons (Fsp3) is 0.333. The average molecular weight is 247 g/mol. The standard InChI is InChI=1S/C9H10N4.2ClH/c1-3-11-9-2-4-12-13(9)8(1)7-5-10-6-7;;/h1-4,7,10H,5-6H2;2*1H. The van der Waals surface area contributed by atoms with Gasteiger partial charge in [-0.1, -0.05) is 0 Å². The number of nitrogens with zero attached hydrogens (tertiary/aromatic N) is 3. The minimum atomic E-state index is 0. The molecule has 0 aliphatic carbocycles. The normalized spacial score (nSPS) is 15.2. The molecular formula is C9H12Cl2N4. The van der Waals surface area contributed by atoms with Crippen LogP contribution >= 0.6 is 24.8 Å². The molecule has 1 aliphatic rings. The molecule has 1 N–H and O–H groups in total. The van der Waals surface area contributed by atoms with Crippen molar-refractivity contribution in [2.75, 3.05) is 13.1 Å². The van der Waals surface area contributed by atoms with Crippen molar-refractivity contribution in [3.05, 3.63) is 30.2 Å². The molecule has 0 unspecified atom stereocenters. The molecular weight excluding hydrogens is 235 g/mol. The fourth-order valence-corrected chi connectivity index (χ4v) is 1.66. The third-order valence-corrected chi connectivity index (χ3v) is 2.52. The van der Waals surface area contributed by atoms with Gasteiger partial charge < -0.3 is 5.32 Å². The zero-order chi connectivity index (χ0) is 8.67. The molecule has 6 heteroatoms. The van der Waals surface area contributed by atoms with Gasteiger partial charge >= 0.3 is 0 Å². The number of aromatic nitrogens is 3. The van der Waals surface area contributed by atoms with Gasteiger partial charge in [-0.05, 0) is 6.07 Å². The summed E-state index contributed by atoms with van der Waals surface area (Å²) in [5.41, 5.74) is 2.19. The van der Waals surface area contributed by atoms with E-state index < -0.39 is 0 Å². The maximum atomic E-state index is 4.25. The zero-order valence-corrected chi connectivity index (χ0v) is 9.59. The summed E-state index contributed by atoms with van der Waals surface area (Å²) in [4.78, 5) is 4.22. The Morgan fingerprint density at radius 3 is 2.67 bits per heavy atom. The Balaban J connectivity index is 0.000000562. The predicted molar refractivity (Wildman–Crippen MR) is 63.1 cm³/mol. The molecule has 2 aromatic rings. The molecule has 15 heavy (non-hydrogen) atoms. The van der Waals surface area contributed by atoms with Crippen LogP contribution in [0.3, 0.4) is 0 Å². The van der Waals surface area contributed by atoms with E-state index in [0.717, 1.165) is 18.7 Å². The zero-order valence-electron chi connectivity index (χ0n) is 7.96. The number of hydrogen-bond donors (Lipinski definition) is 1. The van der Waals surface area contributed by atoms with Crippen LogP contribution in [0, 0.1) is 0 Å². The summed E-state index contributed by atoms with van der Waals surface area (Å²) in [7, 11) is 0. The Hall–Kier alpha value is -0.840. The van der Waals surface area contributed by atoms with Crippen LogP contribution in [-0.4, -0.2) is 27.7 Å². The van der Waals surface area contributed by atoms with Crippen LogP contribution in [0.15, 0.2) is 24.5 Å². The lowest BCUT2D eigenvalue weighted by Crippen LogP contribution is -2.40. The molecule has 4 nitrogen and oxygen atoms in total. The molecule has 0 radical (unpaired) electrons. The molecule has 82 valence electrons. The van der Waals surface area contributed by atoms with E-state index in [0.29, 0.717) is 5.92 Å². The number of halogens is 2. The van der Waals surface area contributed by atoms with E-state index in [9.17, 15) is 0 Å². The van der Waals surface area contributed by atoms with Crippen LogP contribution in [0.25, 0.3) is 5.65 Å². The van der Waals surface area contributed by atoms with Crippen LogP contribution < -0.4 is 5.32 Å². The largest absolute Gasteiger partial charge is 0.315 e. The molecule has 0 amide bonds. The first-order valence-electron chi connectivity index (χ1n) is 4.44. The topological polar surface area (TPSA) is 42.2 Å². The molecule has 0 atom stereocenters. The summed E-state index contributed by atoms with van der Waals surface area (Å²) >= 11 is 0. The van der Waals surface area contributed by atoms with Gasteiger partial charge in [-0.2, -0.15) is 5.10 Å². The Morgan fingerprint density at radius 2 is 2.00 bits per heavy atom. The molecule has 0 aromatic carbocycles. The minimum Gasteiger partial charge on any atom is -0.315 e. The summed E-state index contributed by atoms with van der Waals surface area (Å²) in [6, 6.07) is 3.97. The number of hydrogen-bond acceptors (Lipinski definition) is 3. The summed E-state index contributed by atoms with van der Waals surface area (Å²) in [6.45, 7) is 2.11. The van der Waals surface area contributed by atoms with Gasteiger partial charge in [0.1, 0.15) is 0 Å². The van der Waals surface area contributed by atoms with Gasteiger partial charge in [-0.15, -0.1) is 24.8 Å². The van der Waals surface area contributed by atoms with Crippen LogP contribution in [0.4, 0.5) is 0 Å². The van der Waals surface area contributed by atoms with Crippen molar-refractivity contribution in [2.24, 2.45) is 0 Å². The quantitative estimate of drug-likeness (QED) is 0.824. The third kappa shape index (κ3) is 1.93. The molecule has 0 bridgehead atoms. The molecule has 1 saturated heterocycles. The maximum Gasteiger partial charge on any atom is 0.155 e. The van der Waals surface area contributed by atoms with Gasteiger partial charge in [0.15, 0.2) is 5.65 Å². The van der Waals surface area contributed by atoms with Crippen molar-refractivity contribution >= 4 is 30.5 Å². The molecule has 1 fully saturated rings. The van der Waals surface area contributed by atoms with Crippen molar-refractivity contribution in [3.63, 3.8) is 0 Å². The van der Waals surface area contributed by atoms with Crippen molar-refractivity contribution in [1.82, 2.24) is 19.9 Å². The van der Waals surface area contributed by atoms with Gasteiger partial charge in [-0.25, -0.2) is 9.50 Å². The highest BCUT2D eigenvalue weighted by molar-refractivity contribution is 5.85. The average Bonchev–Trinajstić information content (AvgIpc) is 2.49. The van der Waals surface area contributed by atoms with E-state index in [1.54, 1.807) is 6.20 Å². The van der Waals surface area contributed by atoms with Crippen molar-refractivity contribution < 1.29 is 0 Å². The Morgan fingerprint density at radius 1 is 1.20 bits per heavy atom. The lowest BCUT2D eigenvalue weighted by Gasteiger charge is -2.27. The van der Waals surface area contributed by atoms with Crippen molar-refractivity contribution in [1.29, 1.82) is 0 Å². The van der Waals surface area contributed by atoms with E-state index >= 15 is 0 Å². The van der Waals surface area contributed by atoms with Gasteiger partial charge in [0.05, 0.1) is 11.9 Å². The first-order valence-corrected chi connectivity index (χ1v) is 4.44. The smallest absolute Gasteiger partial charge is 0.155 e. The van der Waals surface area contributed by atoms with Gasteiger partial charge in [-0.3, -0.25) is 0 Å². The van der Waals surface area contributed by atoms with E-state index in [1.807, 2.05) is 22.8 Å². The Bertz CT molecular complexity index is 438. The monoisotopic (exact) mass is 246 g/mol. The summed E-state index contributed by atoms with van der Waals surface area (Å²) in [6.07, 6.45) is 3.64. The second kappa shape index (κ2) is 4.79. The number of fused-ring (bicyclic) bond motifs is 1. The second-order valence-electron chi connectivity index (χ2n) is 3.33. The minimum absolute atomic E-state index is 0. The molecule has 1 aliphatic heterocycles. The lowest BCUT2D eigenvalue weighted by atomic mass is 9.99. The van der Waals surface area contributed by atoms with Crippen molar-refractivity contribution in [3.8, 4) is 0 Å². The summed E-state index contributed by atoms with van der Waals surface area (Å²) in [5, 5.41) is 7.50. The number of nitrogens with one attached hydrogen (secondary N) is 1. The van der Waals surface area contributed by atoms with Crippen LogP contribution in [0.2, 0.25) is 0 Å². The first kappa shape index (κ1) is 12.2. The first-order chi connectivity index (χ1) is 6.45. The number of rotatable bonds is 1. The molecule has 3 heterocycles. The summed E-state index contributed by atoms with van der Waals surface area (Å²) in [5.74, 6) is 0.602. The van der Waals surface area contributed by atoms with E-state index in [1.165, 1.54) is 5.69 Å². The predicted octanol–water partition coefficient (Wildman–Crippen LogP) is 1.26. The van der Waals surface area contributed by atoms with Gasteiger partial charge in [0, 0.05) is 31.3 Å². The van der Waals surface area contributed by atoms with E-state index in [2.05, 4.69) is 15.4 Å². The van der Waals surface area contributed by atoms with Gasteiger partial charge in [0.25, 0.3) is 0 Å². The summed E-state index contributed by atoms with van der Waals surface area (Å²) < 4.78 is 1.92. The second-order valence-corrected chi connectivity index (χ2v) is 3.33. The SMILES string of the molecule is Cl.Cl.c1cc(C2CNC2)n2nccc2n1. The molecule has 3 rings (SSSR count). The molecule has 2 aromatic heterocycles. The third-order valence-electron chi connectivity index (χ3n) is 2.52. The van der Waals surface area contributed by atoms with E-state index in [4.69, 9.17) is 0 Å². The highest BCUT2D eigenvalue weighted by Crippen LogP contribution is 2.19. The highest BCUT2D eigenvalue weighted by Gasteiger charge is 2.21. The van der Waals surface area contributed by atoms with Crippen LogP contribution in [-0.2, 0) is 0 Å². The van der Waals surface area contributed by atoms with Crippen LogP contribution in [0.1, 0.15) is 11.6 Å². The maximum absolute atomic E-state index is 4.25. The Labute approximate surface area is 99.9 Å².